The van der Waals surface area contributed by atoms with Gasteiger partial charge in [-0.25, -0.2) is 0 Å². The van der Waals surface area contributed by atoms with E-state index in [2.05, 4.69) is 24.4 Å². The zero-order valence-electron chi connectivity index (χ0n) is 19.0. The molecule has 4 rings (SSSR count). The number of rotatable bonds is 5. The lowest BCUT2D eigenvalue weighted by atomic mass is 9.94. The van der Waals surface area contributed by atoms with E-state index in [0.717, 1.165) is 43.4 Å². The van der Waals surface area contributed by atoms with E-state index in [-0.39, 0.29) is 17.9 Å². The van der Waals surface area contributed by atoms with Gasteiger partial charge in [-0.1, -0.05) is 56.9 Å². The molecule has 1 atom stereocenters. The summed E-state index contributed by atoms with van der Waals surface area (Å²) in [5.41, 5.74) is 2.63. The minimum atomic E-state index is -0.944. The first-order valence-corrected chi connectivity index (χ1v) is 11.8. The molecule has 0 saturated heterocycles. The lowest BCUT2D eigenvalue weighted by molar-refractivity contribution is -0.133. The fraction of sp³-hybridized carbons (Fsp3) is 0.560. The highest BCUT2D eigenvalue weighted by molar-refractivity contribution is 6.00. The summed E-state index contributed by atoms with van der Waals surface area (Å²) < 4.78 is 1.73. The van der Waals surface area contributed by atoms with E-state index in [9.17, 15) is 9.59 Å². The van der Waals surface area contributed by atoms with Crippen molar-refractivity contribution in [3.8, 4) is 11.3 Å². The Morgan fingerprint density at radius 3 is 2.42 bits per heavy atom. The van der Waals surface area contributed by atoms with Crippen molar-refractivity contribution < 1.29 is 9.59 Å². The highest BCUT2D eigenvalue weighted by Crippen LogP contribution is 2.30. The zero-order valence-corrected chi connectivity index (χ0v) is 19.0. The summed E-state index contributed by atoms with van der Waals surface area (Å²) in [6.07, 6.45) is 7.81. The molecule has 166 valence electrons. The van der Waals surface area contributed by atoms with Gasteiger partial charge in [-0.3, -0.25) is 14.3 Å². The topological polar surface area (TPSA) is 67.2 Å². The number of carbonyl (C=O) groups is 2. The summed E-state index contributed by atoms with van der Waals surface area (Å²) in [5, 5.41) is 7.99. The van der Waals surface area contributed by atoms with Crippen molar-refractivity contribution >= 4 is 11.8 Å². The van der Waals surface area contributed by atoms with Gasteiger partial charge in [0.25, 0.3) is 5.91 Å². The molecule has 0 spiro atoms. The number of aryl methyl sites for hydroxylation is 1. The molecule has 2 aromatic rings. The highest BCUT2D eigenvalue weighted by atomic mass is 16.2. The number of fused-ring (bicyclic) bond motifs is 1. The maximum absolute atomic E-state index is 13.4. The predicted octanol–water partition coefficient (Wildman–Crippen LogP) is 4.19. The zero-order chi connectivity index (χ0) is 22.0. The Balaban J connectivity index is 1.61. The summed E-state index contributed by atoms with van der Waals surface area (Å²) in [7, 11) is 0. The molecule has 1 aliphatic heterocycles. The standard InChI is InChI=1S/C25H34N4O2/c1-4-18-12-14-19(15-13-18)21-16-22-23(30)28(5-2)25(3,17-29(22)27-21)24(31)26-20-10-8-6-7-9-11-20/h12-16,20H,4-11,17H2,1-3H3,(H,26,31)/t25-/m0/s1. The van der Waals surface area contributed by atoms with Crippen LogP contribution in [0, 0.1) is 0 Å². The van der Waals surface area contributed by atoms with E-state index in [4.69, 9.17) is 5.10 Å². The first kappa shape index (κ1) is 21.6. The molecule has 0 bridgehead atoms. The van der Waals surface area contributed by atoms with E-state index >= 15 is 0 Å². The van der Waals surface area contributed by atoms with Crippen LogP contribution in [0.5, 0.6) is 0 Å². The second-order valence-electron chi connectivity index (χ2n) is 9.11. The van der Waals surface area contributed by atoms with Crippen LogP contribution in [0.3, 0.4) is 0 Å². The maximum atomic E-state index is 13.4. The summed E-state index contributed by atoms with van der Waals surface area (Å²) in [4.78, 5) is 28.5. The summed E-state index contributed by atoms with van der Waals surface area (Å²) in [6.45, 7) is 6.79. The van der Waals surface area contributed by atoms with Crippen molar-refractivity contribution in [3.63, 3.8) is 0 Å². The molecule has 2 aliphatic rings. The first-order valence-electron chi connectivity index (χ1n) is 11.8. The number of amides is 2. The Morgan fingerprint density at radius 1 is 1.13 bits per heavy atom. The van der Waals surface area contributed by atoms with Crippen molar-refractivity contribution in [3.05, 3.63) is 41.6 Å². The average Bonchev–Trinajstić information content (AvgIpc) is 3.02. The maximum Gasteiger partial charge on any atom is 0.273 e. The molecular formula is C25H34N4O2. The van der Waals surface area contributed by atoms with Gasteiger partial charge in [-0.15, -0.1) is 0 Å². The van der Waals surface area contributed by atoms with Crippen LogP contribution >= 0.6 is 0 Å². The van der Waals surface area contributed by atoms with Crippen LogP contribution < -0.4 is 5.32 Å². The number of hydrogen-bond acceptors (Lipinski definition) is 3. The molecule has 1 aromatic heterocycles. The van der Waals surface area contributed by atoms with E-state index in [0.29, 0.717) is 18.8 Å². The number of hydrogen-bond donors (Lipinski definition) is 1. The average molecular weight is 423 g/mol. The Morgan fingerprint density at radius 2 is 1.81 bits per heavy atom. The van der Waals surface area contributed by atoms with Crippen molar-refractivity contribution in [2.24, 2.45) is 0 Å². The molecule has 31 heavy (non-hydrogen) atoms. The van der Waals surface area contributed by atoms with Gasteiger partial charge < -0.3 is 10.2 Å². The Labute approximate surface area is 185 Å². The molecule has 1 saturated carbocycles. The molecule has 1 fully saturated rings. The SMILES string of the molecule is CCc1ccc(-c2cc3n(n2)C[C@@](C)(C(=O)NC2CCCCCC2)N(CC)C3=O)cc1. The van der Waals surface area contributed by atoms with Crippen LogP contribution in [0.2, 0.25) is 0 Å². The van der Waals surface area contributed by atoms with Crippen LogP contribution in [-0.4, -0.2) is 44.6 Å². The first-order chi connectivity index (χ1) is 15.0. The van der Waals surface area contributed by atoms with Crippen LogP contribution in [0.15, 0.2) is 30.3 Å². The third-order valence-electron chi connectivity index (χ3n) is 6.95. The molecule has 0 unspecified atom stereocenters. The molecule has 2 heterocycles. The third-order valence-corrected chi connectivity index (χ3v) is 6.95. The molecule has 2 amide bonds. The van der Waals surface area contributed by atoms with Crippen LogP contribution in [-0.2, 0) is 17.8 Å². The van der Waals surface area contributed by atoms with E-state index in [1.165, 1.54) is 18.4 Å². The van der Waals surface area contributed by atoms with Gasteiger partial charge in [0, 0.05) is 18.2 Å². The third kappa shape index (κ3) is 4.12. The van der Waals surface area contributed by atoms with Gasteiger partial charge in [-0.05, 0) is 44.7 Å². The van der Waals surface area contributed by atoms with Gasteiger partial charge in [-0.2, -0.15) is 5.10 Å². The molecule has 1 aliphatic carbocycles. The van der Waals surface area contributed by atoms with Crippen LogP contribution in [0.4, 0.5) is 0 Å². The lowest BCUT2D eigenvalue weighted by Gasteiger charge is -2.43. The van der Waals surface area contributed by atoms with Gasteiger partial charge in [0.15, 0.2) is 0 Å². The number of aromatic nitrogens is 2. The normalized spacial score (nSPS) is 22.2. The largest absolute Gasteiger partial charge is 0.351 e. The van der Waals surface area contributed by atoms with Gasteiger partial charge in [0.2, 0.25) is 5.91 Å². The van der Waals surface area contributed by atoms with Crippen molar-refractivity contribution in [2.75, 3.05) is 6.54 Å². The van der Waals surface area contributed by atoms with Crippen LogP contribution in [0.1, 0.15) is 75.3 Å². The minimum absolute atomic E-state index is 0.0652. The monoisotopic (exact) mass is 422 g/mol. The minimum Gasteiger partial charge on any atom is -0.351 e. The molecule has 6 nitrogen and oxygen atoms in total. The number of likely N-dealkylation sites (N-methyl/N-ethyl adjacent to an activating group) is 1. The van der Waals surface area contributed by atoms with Crippen LogP contribution in [0.25, 0.3) is 11.3 Å². The summed E-state index contributed by atoms with van der Waals surface area (Å²) in [5.74, 6) is -0.194. The van der Waals surface area contributed by atoms with E-state index in [1.54, 1.807) is 9.58 Å². The molecular weight excluding hydrogens is 388 g/mol. The van der Waals surface area contributed by atoms with E-state index in [1.807, 2.05) is 32.0 Å². The van der Waals surface area contributed by atoms with E-state index < -0.39 is 5.54 Å². The Kier molecular flexibility index (Phi) is 6.17. The smallest absolute Gasteiger partial charge is 0.273 e. The van der Waals surface area contributed by atoms with Gasteiger partial charge in [0.05, 0.1) is 12.2 Å². The Hall–Kier alpha value is -2.63. The van der Waals surface area contributed by atoms with Crippen molar-refractivity contribution in [1.29, 1.82) is 0 Å². The van der Waals surface area contributed by atoms with Crippen molar-refractivity contribution in [2.45, 2.75) is 83.8 Å². The quantitative estimate of drug-likeness (QED) is 0.735. The number of carbonyl (C=O) groups excluding carboxylic acids is 2. The van der Waals surface area contributed by atoms with Gasteiger partial charge in [0.1, 0.15) is 11.2 Å². The van der Waals surface area contributed by atoms with Crippen molar-refractivity contribution in [1.82, 2.24) is 20.0 Å². The molecule has 1 aromatic carbocycles. The lowest BCUT2D eigenvalue weighted by Crippen LogP contribution is -2.64. The number of nitrogens with zero attached hydrogens (tertiary/aromatic N) is 3. The van der Waals surface area contributed by atoms with Gasteiger partial charge >= 0.3 is 0 Å². The number of nitrogens with one attached hydrogen (secondary N) is 1. The molecule has 1 N–H and O–H groups in total. The fourth-order valence-corrected chi connectivity index (χ4v) is 4.95. The molecule has 0 radical (unpaired) electrons. The number of benzene rings is 1. The second kappa shape index (κ2) is 8.85. The Bertz CT molecular complexity index is 941. The second-order valence-corrected chi connectivity index (χ2v) is 9.11. The highest BCUT2D eigenvalue weighted by Gasteiger charge is 2.47. The molecule has 6 heteroatoms. The fourth-order valence-electron chi connectivity index (χ4n) is 4.95. The predicted molar refractivity (Wildman–Crippen MR) is 122 cm³/mol. The summed E-state index contributed by atoms with van der Waals surface area (Å²) in [6, 6.07) is 10.3. The summed E-state index contributed by atoms with van der Waals surface area (Å²) >= 11 is 0.